The standard InChI is InChI=1S/C20H21N5O2S/c1-13(19(26)21-16-7-6-14-4-3-5-15(14)12-16)28-20-22-23-24-25(20)17-8-10-18(27-2)11-9-17/h6-13H,3-5H2,1-2H3,(H,21,26)/t13-/m1/s1. The molecular formula is C20H21N5O2S. The first-order chi connectivity index (χ1) is 13.6. The van der Waals surface area contributed by atoms with Crippen LogP contribution in [-0.4, -0.2) is 38.5 Å². The molecule has 1 atom stereocenters. The maximum Gasteiger partial charge on any atom is 0.237 e. The molecule has 0 bridgehead atoms. The number of aromatic nitrogens is 4. The minimum Gasteiger partial charge on any atom is -0.497 e. The summed E-state index contributed by atoms with van der Waals surface area (Å²) in [6, 6.07) is 13.6. The maximum absolute atomic E-state index is 12.6. The molecule has 0 aliphatic heterocycles. The molecule has 1 amide bonds. The average Bonchev–Trinajstić information content (AvgIpc) is 3.37. The van der Waals surface area contributed by atoms with E-state index >= 15 is 0 Å². The summed E-state index contributed by atoms with van der Waals surface area (Å²) in [4.78, 5) is 12.6. The number of ether oxygens (including phenoxy) is 1. The number of aryl methyl sites for hydroxylation is 2. The van der Waals surface area contributed by atoms with Crippen molar-refractivity contribution in [3.8, 4) is 11.4 Å². The van der Waals surface area contributed by atoms with E-state index < -0.39 is 0 Å². The van der Waals surface area contributed by atoms with Crippen LogP contribution in [0.5, 0.6) is 5.75 Å². The SMILES string of the molecule is COc1ccc(-n2nnnc2S[C@H](C)C(=O)Nc2ccc3c(c2)CCC3)cc1. The van der Waals surface area contributed by atoms with Gasteiger partial charge in [-0.2, -0.15) is 4.68 Å². The fraction of sp³-hybridized carbons (Fsp3) is 0.300. The Hall–Kier alpha value is -2.87. The first kappa shape index (κ1) is 18.5. The molecule has 4 rings (SSSR count). The van der Waals surface area contributed by atoms with Gasteiger partial charge in [-0.15, -0.1) is 5.10 Å². The lowest BCUT2D eigenvalue weighted by Crippen LogP contribution is -2.23. The van der Waals surface area contributed by atoms with Crippen molar-refractivity contribution in [2.24, 2.45) is 0 Å². The third-order valence-electron chi connectivity index (χ3n) is 4.78. The minimum absolute atomic E-state index is 0.0766. The number of carbonyl (C=O) groups excluding carboxylic acids is 1. The Morgan fingerprint density at radius 1 is 1.18 bits per heavy atom. The Labute approximate surface area is 167 Å². The first-order valence-corrected chi connectivity index (χ1v) is 10.0. The van der Waals surface area contributed by atoms with Crippen LogP contribution in [0.15, 0.2) is 47.6 Å². The summed E-state index contributed by atoms with van der Waals surface area (Å²) < 4.78 is 6.79. The predicted molar refractivity (Wildman–Crippen MR) is 108 cm³/mol. The van der Waals surface area contributed by atoms with Gasteiger partial charge in [0.25, 0.3) is 0 Å². The topological polar surface area (TPSA) is 81.9 Å². The van der Waals surface area contributed by atoms with Crippen molar-refractivity contribution in [3.63, 3.8) is 0 Å². The van der Waals surface area contributed by atoms with Crippen LogP contribution in [0, 0.1) is 0 Å². The van der Waals surface area contributed by atoms with Crippen LogP contribution in [0.25, 0.3) is 5.69 Å². The van der Waals surface area contributed by atoms with Gasteiger partial charge in [-0.3, -0.25) is 4.79 Å². The number of hydrogen-bond acceptors (Lipinski definition) is 6. The van der Waals surface area contributed by atoms with Crippen LogP contribution in [0.1, 0.15) is 24.5 Å². The third kappa shape index (κ3) is 3.87. The van der Waals surface area contributed by atoms with Gasteiger partial charge < -0.3 is 10.1 Å². The first-order valence-electron chi connectivity index (χ1n) is 9.16. The quantitative estimate of drug-likeness (QED) is 0.645. The minimum atomic E-state index is -0.351. The summed E-state index contributed by atoms with van der Waals surface area (Å²) in [6.45, 7) is 1.85. The molecule has 0 fully saturated rings. The lowest BCUT2D eigenvalue weighted by molar-refractivity contribution is -0.115. The predicted octanol–water partition coefficient (Wildman–Crippen LogP) is 3.28. The van der Waals surface area contributed by atoms with E-state index in [1.807, 2.05) is 37.3 Å². The molecule has 0 radical (unpaired) electrons. The molecule has 7 nitrogen and oxygen atoms in total. The normalized spacial score (nSPS) is 13.8. The van der Waals surface area contributed by atoms with Crippen LogP contribution in [0.2, 0.25) is 0 Å². The van der Waals surface area contributed by atoms with Crippen LogP contribution in [-0.2, 0) is 17.6 Å². The fourth-order valence-corrected chi connectivity index (χ4v) is 4.05. The number of benzene rings is 2. The van der Waals surface area contributed by atoms with E-state index in [-0.39, 0.29) is 11.2 Å². The van der Waals surface area contributed by atoms with Crippen molar-refractivity contribution in [2.75, 3.05) is 12.4 Å². The fourth-order valence-electron chi connectivity index (χ4n) is 3.24. The summed E-state index contributed by atoms with van der Waals surface area (Å²) in [5.41, 5.74) is 4.37. The molecular weight excluding hydrogens is 374 g/mol. The zero-order valence-corrected chi connectivity index (χ0v) is 16.6. The molecule has 2 aromatic carbocycles. The number of anilines is 1. The molecule has 1 heterocycles. The lowest BCUT2D eigenvalue weighted by Gasteiger charge is -2.13. The van der Waals surface area contributed by atoms with Crippen LogP contribution in [0.4, 0.5) is 5.69 Å². The highest BCUT2D eigenvalue weighted by atomic mass is 32.2. The number of methoxy groups -OCH3 is 1. The number of nitrogens with zero attached hydrogens (tertiary/aromatic N) is 4. The van der Waals surface area contributed by atoms with E-state index in [2.05, 4.69) is 33.0 Å². The second-order valence-corrected chi connectivity index (χ2v) is 7.97. The van der Waals surface area contributed by atoms with Gasteiger partial charge in [-0.05, 0) is 84.1 Å². The van der Waals surface area contributed by atoms with Crippen molar-refractivity contribution in [3.05, 3.63) is 53.6 Å². The largest absolute Gasteiger partial charge is 0.497 e. The van der Waals surface area contributed by atoms with Crippen molar-refractivity contribution >= 4 is 23.4 Å². The molecule has 0 saturated heterocycles. The molecule has 0 unspecified atom stereocenters. The van der Waals surface area contributed by atoms with Gasteiger partial charge in [0.1, 0.15) is 5.75 Å². The van der Waals surface area contributed by atoms with E-state index in [0.717, 1.165) is 30.0 Å². The zero-order valence-electron chi connectivity index (χ0n) is 15.8. The van der Waals surface area contributed by atoms with E-state index in [1.165, 1.54) is 29.3 Å². The smallest absolute Gasteiger partial charge is 0.237 e. The molecule has 8 heteroatoms. The molecule has 1 aliphatic rings. The zero-order chi connectivity index (χ0) is 19.5. The number of carbonyl (C=O) groups is 1. The van der Waals surface area contributed by atoms with Gasteiger partial charge in [0, 0.05) is 5.69 Å². The third-order valence-corrected chi connectivity index (χ3v) is 5.81. The monoisotopic (exact) mass is 395 g/mol. The van der Waals surface area contributed by atoms with E-state index in [4.69, 9.17) is 4.74 Å². The number of tetrazole rings is 1. The van der Waals surface area contributed by atoms with Gasteiger partial charge in [-0.1, -0.05) is 17.8 Å². The summed E-state index contributed by atoms with van der Waals surface area (Å²) in [5.74, 6) is 0.681. The summed E-state index contributed by atoms with van der Waals surface area (Å²) in [6.07, 6.45) is 3.40. The summed E-state index contributed by atoms with van der Waals surface area (Å²) in [7, 11) is 1.62. The number of rotatable bonds is 6. The Bertz CT molecular complexity index is 987. The van der Waals surface area contributed by atoms with Gasteiger partial charge >= 0.3 is 0 Å². The van der Waals surface area contributed by atoms with Gasteiger partial charge in [0.15, 0.2) is 0 Å². The number of fused-ring (bicyclic) bond motifs is 1. The van der Waals surface area contributed by atoms with Crippen molar-refractivity contribution in [2.45, 2.75) is 36.6 Å². The Kier molecular flexibility index (Phi) is 5.29. The van der Waals surface area contributed by atoms with Crippen molar-refractivity contribution in [1.82, 2.24) is 20.2 Å². The van der Waals surface area contributed by atoms with Crippen LogP contribution in [0.3, 0.4) is 0 Å². The maximum atomic E-state index is 12.6. The number of amides is 1. The second kappa shape index (κ2) is 8.02. The van der Waals surface area contributed by atoms with Gasteiger partial charge in [-0.25, -0.2) is 0 Å². The van der Waals surface area contributed by atoms with Gasteiger partial charge in [0.05, 0.1) is 18.0 Å². The number of thioether (sulfide) groups is 1. The number of nitrogens with one attached hydrogen (secondary N) is 1. The molecule has 0 spiro atoms. The van der Waals surface area contributed by atoms with Crippen molar-refractivity contribution < 1.29 is 9.53 Å². The molecule has 144 valence electrons. The molecule has 1 aliphatic carbocycles. The summed E-state index contributed by atoms with van der Waals surface area (Å²) >= 11 is 1.32. The molecule has 28 heavy (non-hydrogen) atoms. The summed E-state index contributed by atoms with van der Waals surface area (Å²) in [5, 5.41) is 15.1. The highest BCUT2D eigenvalue weighted by Crippen LogP contribution is 2.27. The molecule has 3 aromatic rings. The molecule has 1 N–H and O–H groups in total. The Morgan fingerprint density at radius 2 is 1.96 bits per heavy atom. The Balaban J connectivity index is 1.44. The highest BCUT2D eigenvalue weighted by Gasteiger charge is 2.20. The Morgan fingerprint density at radius 3 is 2.75 bits per heavy atom. The molecule has 1 aromatic heterocycles. The van der Waals surface area contributed by atoms with E-state index in [9.17, 15) is 4.79 Å². The second-order valence-electron chi connectivity index (χ2n) is 6.66. The van der Waals surface area contributed by atoms with Crippen LogP contribution < -0.4 is 10.1 Å². The van der Waals surface area contributed by atoms with Crippen LogP contribution >= 0.6 is 11.8 Å². The highest BCUT2D eigenvalue weighted by molar-refractivity contribution is 8.00. The van der Waals surface area contributed by atoms with Crippen molar-refractivity contribution in [1.29, 1.82) is 0 Å². The lowest BCUT2D eigenvalue weighted by atomic mass is 10.1. The van der Waals surface area contributed by atoms with E-state index in [1.54, 1.807) is 11.8 Å². The van der Waals surface area contributed by atoms with E-state index in [0.29, 0.717) is 5.16 Å². The molecule has 0 saturated carbocycles. The number of hydrogen-bond donors (Lipinski definition) is 1. The van der Waals surface area contributed by atoms with Gasteiger partial charge in [0.2, 0.25) is 11.1 Å². The average molecular weight is 395 g/mol.